The van der Waals surface area contributed by atoms with E-state index in [-0.39, 0.29) is 0 Å². The van der Waals surface area contributed by atoms with Gasteiger partial charge in [-0.05, 0) is 39.8 Å². The molecule has 0 atom stereocenters. The predicted octanol–water partition coefficient (Wildman–Crippen LogP) is 4.31. The highest BCUT2D eigenvalue weighted by atomic mass is 16.5. The SMILES string of the molecule is CC1(C)N=C(c2nc3ccccc3nc2-c2ccccc2)C(C)(C)N1O. The molecule has 0 unspecified atom stereocenters. The van der Waals surface area contributed by atoms with Gasteiger partial charge in [0, 0.05) is 5.56 Å². The molecule has 0 aliphatic carbocycles. The van der Waals surface area contributed by atoms with Crippen LogP contribution in [0.1, 0.15) is 33.4 Å². The largest absolute Gasteiger partial charge is 0.311 e. The lowest BCUT2D eigenvalue weighted by Crippen LogP contribution is -2.50. The Morgan fingerprint density at radius 3 is 1.85 bits per heavy atom. The number of fused-ring (bicyclic) bond motifs is 1. The maximum Gasteiger partial charge on any atom is 0.131 e. The Bertz CT molecular complexity index is 1010. The van der Waals surface area contributed by atoms with E-state index in [0.717, 1.165) is 28.0 Å². The minimum atomic E-state index is -0.722. The Labute approximate surface area is 153 Å². The zero-order valence-electron chi connectivity index (χ0n) is 15.4. The van der Waals surface area contributed by atoms with Crippen LogP contribution in [0.4, 0.5) is 0 Å². The van der Waals surface area contributed by atoms with Crippen molar-refractivity contribution in [2.24, 2.45) is 4.99 Å². The van der Waals surface area contributed by atoms with Crippen molar-refractivity contribution in [2.45, 2.75) is 38.9 Å². The highest BCUT2D eigenvalue weighted by Gasteiger charge is 2.48. The molecule has 0 fully saturated rings. The monoisotopic (exact) mass is 346 g/mol. The molecule has 0 saturated heterocycles. The van der Waals surface area contributed by atoms with Crippen molar-refractivity contribution in [1.29, 1.82) is 0 Å². The number of para-hydroxylation sites is 2. The van der Waals surface area contributed by atoms with Crippen LogP contribution in [0.2, 0.25) is 0 Å². The fourth-order valence-corrected chi connectivity index (χ4v) is 3.55. The third-order valence-corrected chi connectivity index (χ3v) is 4.85. The Hall–Kier alpha value is -2.63. The third-order valence-electron chi connectivity index (χ3n) is 4.85. The lowest BCUT2D eigenvalue weighted by Gasteiger charge is -2.33. The summed E-state index contributed by atoms with van der Waals surface area (Å²) in [5.41, 5.74) is 3.47. The molecule has 1 N–H and O–H groups in total. The molecule has 0 bridgehead atoms. The van der Waals surface area contributed by atoms with Crippen LogP contribution >= 0.6 is 0 Å². The van der Waals surface area contributed by atoms with E-state index in [1.54, 1.807) is 0 Å². The van der Waals surface area contributed by atoms with Gasteiger partial charge >= 0.3 is 0 Å². The molecule has 5 heteroatoms. The summed E-state index contributed by atoms with van der Waals surface area (Å²) in [5, 5.41) is 12.0. The van der Waals surface area contributed by atoms with Crippen molar-refractivity contribution < 1.29 is 5.21 Å². The maximum absolute atomic E-state index is 10.7. The van der Waals surface area contributed by atoms with Crippen molar-refractivity contribution >= 4 is 16.7 Å². The van der Waals surface area contributed by atoms with Gasteiger partial charge in [0.05, 0.1) is 28.0 Å². The lowest BCUT2D eigenvalue weighted by molar-refractivity contribution is -0.188. The molecule has 1 aliphatic rings. The summed E-state index contributed by atoms with van der Waals surface area (Å²) >= 11 is 0. The molecule has 0 spiro atoms. The van der Waals surface area contributed by atoms with Crippen molar-refractivity contribution in [3.63, 3.8) is 0 Å². The molecule has 5 nitrogen and oxygen atoms in total. The molecule has 0 amide bonds. The molecule has 2 aromatic carbocycles. The van der Waals surface area contributed by atoms with Gasteiger partial charge in [0.15, 0.2) is 0 Å². The van der Waals surface area contributed by atoms with Crippen molar-refractivity contribution in [2.75, 3.05) is 0 Å². The van der Waals surface area contributed by atoms with Gasteiger partial charge < -0.3 is 5.21 Å². The average Bonchev–Trinajstić information content (AvgIpc) is 2.81. The summed E-state index contributed by atoms with van der Waals surface area (Å²) in [6.45, 7) is 7.68. The minimum absolute atomic E-state index is 0.676. The van der Waals surface area contributed by atoms with Crippen LogP contribution < -0.4 is 0 Å². The van der Waals surface area contributed by atoms with Gasteiger partial charge in [-0.2, -0.15) is 5.06 Å². The second-order valence-corrected chi connectivity index (χ2v) is 7.60. The van der Waals surface area contributed by atoms with Crippen LogP contribution in [-0.2, 0) is 0 Å². The molecule has 1 aliphatic heterocycles. The fourth-order valence-electron chi connectivity index (χ4n) is 3.55. The summed E-state index contributed by atoms with van der Waals surface area (Å²) < 4.78 is 0. The van der Waals surface area contributed by atoms with Crippen LogP contribution in [0.5, 0.6) is 0 Å². The van der Waals surface area contributed by atoms with E-state index >= 15 is 0 Å². The Kier molecular flexibility index (Phi) is 3.68. The van der Waals surface area contributed by atoms with Gasteiger partial charge in [0.25, 0.3) is 0 Å². The maximum atomic E-state index is 10.7. The van der Waals surface area contributed by atoms with Crippen molar-refractivity contribution in [1.82, 2.24) is 15.0 Å². The molecule has 0 saturated carbocycles. The number of hydroxylamine groups is 2. The number of hydrogen-bond donors (Lipinski definition) is 1. The zero-order chi connectivity index (χ0) is 18.5. The molecular weight excluding hydrogens is 324 g/mol. The molecule has 3 aromatic rings. The van der Waals surface area contributed by atoms with Gasteiger partial charge in [-0.15, -0.1) is 0 Å². The van der Waals surface area contributed by atoms with Gasteiger partial charge in [-0.3, -0.25) is 4.99 Å². The number of rotatable bonds is 2. The van der Waals surface area contributed by atoms with Gasteiger partial charge in [0.2, 0.25) is 0 Å². The normalized spacial score (nSPS) is 18.9. The van der Waals surface area contributed by atoms with E-state index < -0.39 is 11.2 Å². The summed E-state index contributed by atoms with van der Waals surface area (Å²) in [4.78, 5) is 14.6. The van der Waals surface area contributed by atoms with Gasteiger partial charge in [0.1, 0.15) is 11.4 Å². The number of aromatic nitrogens is 2. The van der Waals surface area contributed by atoms with Crippen LogP contribution in [-0.4, -0.2) is 37.2 Å². The first-order valence-electron chi connectivity index (χ1n) is 8.73. The number of benzene rings is 2. The predicted molar refractivity (Wildman–Crippen MR) is 103 cm³/mol. The summed E-state index contributed by atoms with van der Waals surface area (Å²) in [5.74, 6) is 0. The van der Waals surface area contributed by atoms with Crippen LogP contribution in [0.3, 0.4) is 0 Å². The Balaban J connectivity index is 2.03. The summed E-state index contributed by atoms with van der Waals surface area (Å²) in [6, 6.07) is 17.8. The quantitative estimate of drug-likeness (QED) is 0.751. The highest BCUT2D eigenvalue weighted by Crippen LogP contribution is 2.37. The van der Waals surface area contributed by atoms with Gasteiger partial charge in [-0.1, -0.05) is 42.5 Å². The Morgan fingerprint density at radius 1 is 0.769 bits per heavy atom. The molecule has 0 radical (unpaired) electrons. The molecule has 4 rings (SSSR count). The topological polar surface area (TPSA) is 61.6 Å². The first kappa shape index (κ1) is 16.8. The number of aliphatic imine (C=N–C) groups is 1. The van der Waals surface area contributed by atoms with E-state index in [1.165, 1.54) is 5.06 Å². The molecule has 132 valence electrons. The average molecular weight is 346 g/mol. The van der Waals surface area contributed by atoms with Gasteiger partial charge in [-0.25, -0.2) is 9.97 Å². The molecule has 26 heavy (non-hydrogen) atoms. The van der Waals surface area contributed by atoms with E-state index in [4.69, 9.17) is 15.0 Å². The number of nitrogens with zero attached hydrogens (tertiary/aromatic N) is 4. The first-order valence-corrected chi connectivity index (χ1v) is 8.73. The Morgan fingerprint density at radius 2 is 1.31 bits per heavy atom. The summed E-state index contributed by atoms with van der Waals surface area (Å²) in [7, 11) is 0. The van der Waals surface area contributed by atoms with E-state index in [9.17, 15) is 5.21 Å². The highest BCUT2D eigenvalue weighted by molar-refractivity contribution is 6.11. The fraction of sp³-hybridized carbons (Fsp3) is 0.286. The second-order valence-electron chi connectivity index (χ2n) is 7.60. The minimum Gasteiger partial charge on any atom is -0.311 e. The van der Waals surface area contributed by atoms with Crippen molar-refractivity contribution in [3.05, 3.63) is 60.3 Å². The van der Waals surface area contributed by atoms with Crippen LogP contribution in [0, 0.1) is 0 Å². The molecule has 2 heterocycles. The van der Waals surface area contributed by atoms with Crippen LogP contribution in [0.25, 0.3) is 22.3 Å². The molecular formula is C21H22N4O. The van der Waals surface area contributed by atoms with Crippen molar-refractivity contribution in [3.8, 4) is 11.3 Å². The number of hydrogen-bond acceptors (Lipinski definition) is 5. The summed E-state index contributed by atoms with van der Waals surface area (Å²) in [6.07, 6.45) is 0. The lowest BCUT2D eigenvalue weighted by atomic mass is 9.93. The smallest absolute Gasteiger partial charge is 0.131 e. The van der Waals surface area contributed by atoms with Crippen LogP contribution in [0.15, 0.2) is 59.6 Å². The van der Waals surface area contributed by atoms with E-state index in [0.29, 0.717) is 5.69 Å². The first-order chi connectivity index (χ1) is 12.3. The third kappa shape index (κ3) is 2.52. The molecule has 1 aromatic heterocycles. The zero-order valence-corrected chi connectivity index (χ0v) is 15.4. The van der Waals surface area contributed by atoms with E-state index in [1.807, 2.05) is 82.3 Å². The van der Waals surface area contributed by atoms with E-state index in [2.05, 4.69) is 0 Å². The second kappa shape index (κ2) is 5.69. The standard InChI is InChI=1S/C21H22N4O/c1-20(2)19(24-21(3,4)25(20)26)18-17(14-10-6-5-7-11-14)22-15-12-8-9-13-16(15)23-18/h5-13,26H,1-4H3.